The summed E-state index contributed by atoms with van der Waals surface area (Å²) < 4.78 is 0. The highest BCUT2D eigenvalue weighted by Gasteiger charge is 2.18. The zero-order valence-corrected chi connectivity index (χ0v) is 10.8. The molecule has 98 valence electrons. The molecule has 6 heteroatoms. The Labute approximate surface area is 111 Å². The first-order valence-corrected chi connectivity index (χ1v) is 6.52. The molecule has 1 aromatic carbocycles. The molecule has 1 aliphatic rings. The van der Waals surface area contributed by atoms with E-state index in [0.717, 1.165) is 38.4 Å². The van der Waals surface area contributed by atoms with E-state index in [-0.39, 0.29) is 10.6 Å². The average Bonchev–Trinajstić information content (AvgIpc) is 2.40. The highest BCUT2D eigenvalue weighted by molar-refractivity contribution is 6.18. The van der Waals surface area contributed by atoms with E-state index < -0.39 is 0 Å². The molecule has 18 heavy (non-hydrogen) atoms. The van der Waals surface area contributed by atoms with Crippen LogP contribution >= 0.6 is 11.6 Å². The van der Waals surface area contributed by atoms with Gasteiger partial charge in [0.05, 0.1) is 4.92 Å². The first-order valence-electron chi connectivity index (χ1n) is 5.98. The highest BCUT2D eigenvalue weighted by atomic mass is 35.5. The third-order valence-corrected chi connectivity index (χ3v) is 3.35. The Morgan fingerprint density at radius 1 is 1.28 bits per heavy atom. The van der Waals surface area contributed by atoms with Crippen LogP contribution in [0.4, 0.5) is 11.4 Å². The van der Waals surface area contributed by atoms with Crippen molar-refractivity contribution < 1.29 is 4.92 Å². The van der Waals surface area contributed by atoms with Gasteiger partial charge in [0.25, 0.3) is 5.69 Å². The van der Waals surface area contributed by atoms with Gasteiger partial charge in [-0.15, -0.1) is 11.6 Å². The Balaban J connectivity index is 2.01. The summed E-state index contributed by atoms with van der Waals surface area (Å²) in [6, 6.07) is 6.81. The number of nitro groups is 1. The van der Waals surface area contributed by atoms with Crippen LogP contribution in [-0.2, 0) is 0 Å². The van der Waals surface area contributed by atoms with Crippen LogP contribution in [0.25, 0.3) is 0 Å². The molecule has 0 N–H and O–H groups in total. The van der Waals surface area contributed by atoms with Gasteiger partial charge in [0.15, 0.2) is 0 Å². The SMILES string of the molecule is O=[N+]([O-])c1cccc(N2CCN(CCCl)CC2)c1. The van der Waals surface area contributed by atoms with Gasteiger partial charge in [-0.25, -0.2) is 0 Å². The summed E-state index contributed by atoms with van der Waals surface area (Å²) in [5.41, 5.74) is 1.07. The number of nitro benzene ring substituents is 1. The van der Waals surface area contributed by atoms with Crippen molar-refractivity contribution >= 4 is 23.0 Å². The summed E-state index contributed by atoms with van der Waals surface area (Å²) in [5.74, 6) is 0.650. The third-order valence-electron chi connectivity index (χ3n) is 3.18. The second-order valence-corrected chi connectivity index (χ2v) is 4.67. The molecule has 0 radical (unpaired) electrons. The quantitative estimate of drug-likeness (QED) is 0.476. The molecule has 0 aliphatic carbocycles. The number of non-ortho nitro benzene ring substituents is 1. The number of nitrogens with zero attached hydrogens (tertiary/aromatic N) is 3. The smallest absolute Gasteiger partial charge is 0.271 e. The Morgan fingerprint density at radius 2 is 2.00 bits per heavy atom. The van der Waals surface area contributed by atoms with Gasteiger partial charge in [0.1, 0.15) is 0 Å². The van der Waals surface area contributed by atoms with Crippen molar-refractivity contribution in [2.75, 3.05) is 43.5 Å². The molecule has 0 atom stereocenters. The highest BCUT2D eigenvalue weighted by Crippen LogP contribution is 2.22. The Hall–Kier alpha value is -1.33. The van der Waals surface area contributed by atoms with Crippen molar-refractivity contribution in [3.05, 3.63) is 34.4 Å². The zero-order valence-electron chi connectivity index (χ0n) is 10.1. The number of anilines is 1. The average molecular weight is 270 g/mol. The fraction of sp³-hybridized carbons (Fsp3) is 0.500. The predicted molar refractivity (Wildman–Crippen MR) is 72.5 cm³/mol. The zero-order chi connectivity index (χ0) is 13.0. The van der Waals surface area contributed by atoms with Crippen molar-refractivity contribution in [1.82, 2.24) is 4.90 Å². The summed E-state index contributed by atoms with van der Waals surface area (Å²) in [6.45, 7) is 4.59. The minimum Gasteiger partial charge on any atom is -0.369 e. The molecule has 5 nitrogen and oxygen atoms in total. The summed E-state index contributed by atoms with van der Waals surface area (Å²) in [5, 5.41) is 10.7. The van der Waals surface area contributed by atoms with E-state index >= 15 is 0 Å². The van der Waals surface area contributed by atoms with Crippen molar-refractivity contribution in [2.24, 2.45) is 0 Å². The van der Waals surface area contributed by atoms with E-state index in [1.807, 2.05) is 6.07 Å². The normalized spacial score (nSPS) is 16.8. The van der Waals surface area contributed by atoms with E-state index in [9.17, 15) is 10.1 Å². The van der Waals surface area contributed by atoms with Crippen LogP contribution in [0, 0.1) is 10.1 Å². The van der Waals surface area contributed by atoms with Crippen LogP contribution in [0.15, 0.2) is 24.3 Å². The van der Waals surface area contributed by atoms with Crippen molar-refractivity contribution in [2.45, 2.75) is 0 Å². The molecular weight excluding hydrogens is 254 g/mol. The molecule has 1 heterocycles. The molecule has 0 amide bonds. The van der Waals surface area contributed by atoms with Crippen LogP contribution in [0.1, 0.15) is 0 Å². The summed E-state index contributed by atoms with van der Waals surface area (Å²) in [6.07, 6.45) is 0. The largest absolute Gasteiger partial charge is 0.369 e. The molecule has 0 spiro atoms. The Morgan fingerprint density at radius 3 is 2.61 bits per heavy atom. The number of alkyl halides is 1. The second kappa shape index (κ2) is 6.02. The maximum atomic E-state index is 10.7. The standard InChI is InChI=1S/C12H16ClN3O2/c13-4-5-14-6-8-15(9-7-14)11-2-1-3-12(10-11)16(17)18/h1-3,10H,4-9H2. The molecule has 2 rings (SSSR count). The van der Waals surface area contributed by atoms with Crippen LogP contribution in [0.2, 0.25) is 0 Å². The number of hydrogen-bond donors (Lipinski definition) is 0. The molecule has 0 unspecified atom stereocenters. The van der Waals surface area contributed by atoms with Crippen LogP contribution in [-0.4, -0.2) is 48.4 Å². The maximum absolute atomic E-state index is 10.7. The van der Waals surface area contributed by atoms with Crippen molar-refractivity contribution in [1.29, 1.82) is 0 Å². The van der Waals surface area contributed by atoms with E-state index in [2.05, 4.69) is 9.80 Å². The van der Waals surface area contributed by atoms with Gasteiger partial charge in [0, 0.05) is 56.4 Å². The fourth-order valence-electron chi connectivity index (χ4n) is 2.15. The van der Waals surface area contributed by atoms with Gasteiger partial charge in [-0.2, -0.15) is 0 Å². The number of hydrogen-bond acceptors (Lipinski definition) is 4. The summed E-state index contributed by atoms with van der Waals surface area (Å²) in [4.78, 5) is 14.9. The number of piperazine rings is 1. The lowest BCUT2D eigenvalue weighted by molar-refractivity contribution is -0.384. The number of benzene rings is 1. The maximum Gasteiger partial charge on any atom is 0.271 e. The van der Waals surface area contributed by atoms with E-state index in [1.54, 1.807) is 12.1 Å². The molecular formula is C12H16ClN3O2. The Kier molecular flexibility index (Phi) is 4.38. The lowest BCUT2D eigenvalue weighted by Gasteiger charge is -2.35. The molecule has 1 fully saturated rings. The lowest BCUT2D eigenvalue weighted by atomic mass is 10.2. The van der Waals surface area contributed by atoms with Crippen LogP contribution in [0.5, 0.6) is 0 Å². The molecule has 1 aromatic rings. The first-order chi connectivity index (χ1) is 8.70. The first kappa shape index (κ1) is 13.1. The summed E-state index contributed by atoms with van der Waals surface area (Å²) in [7, 11) is 0. The lowest BCUT2D eigenvalue weighted by Crippen LogP contribution is -2.46. The van der Waals surface area contributed by atoms with Gasteiger partial charge in [-0.3, -0.25) is 15.0 Å². The molecule has 0 bridgehead atoms. The topological polar surface area (TPSA) is 49.6 Å². The molecule has 1 saturated heterocycles. The van der Waals surface area contributed by atoms with Gasteiger partial charge in [-0.1, -0.05) is 6.07 Å². The third kappa shape index (κ3) is 3.11. The van der Waals surface area contributed by atoms with E-state index in [1.165, 1.54) is 6.07 Å². The van der Waals surface area contributed by atoms with E-state index in [4.69, 9.17) is 11.6 Å². The van der Waals surface area contributed by atoms with Gasteiger partial charge in [-0.05, 0) is 6.07 Å². The number of halogens is 1. The predicted octanol–water partition coefficient (Wildman–Crippen LogP) is 1.96. The molecule has 1 aliphatic heterocycles. The van der Waals surface area contributed by atoms with Crippen molar-refractivity contribution in [3.63, 3.8) is 0 Å². The fourth-order valence-corrected chi connectivity index (χ4v) is 2.39. The van der Waals surface area contributed by atoms with Crippen LogP contribution in [0.3, 0.4) is 0 Å². The van der Waals surface area contributed by atoms with Crippen molar-refractivity contribution in [3.8, 4) is 0 Å². The minimum absolute atomic E-state index is 0.149. The molecule has 0 saturated carbocycles. The van der Waals surface area contributed by atoms with Crippen LogP contribution < -0.4 is 4.90 Å². The Bertz CT molecular complexity index is 420. The van der Waals surface area contributed by atoms with Gasteiger partial charge < -0.3 is 4.90 Å². The van der Waals surface area contributed by atoms with Gasteiger partial charge >= 0.3 is 0 Å². The monoisotopic (exact) mass is 269 g/mol. The second-order valence-electron chi connectivity index (χ2n) is 4.29. The van der Waals surface area contributed by atoms with Gasteiger partial charge in [0.2, 0.25) is 0 Å². The molecule has 0 aromatic heterocycles. The van der Waals surface area contributed by atoms with E-state index in [0.29, 0.717) is 5.88 Å². The minimum atomic E-state index is -0.354. The summed E-state index contributed by atoms with van der Waals surface area (Å²) >= 11 is 5.71. The number of rotatable bonds is 4.